The maximum absolute atomic E-state index is 10.5. The smallest absolute Gasteiger partial charge is 0.331 e. The molecule has 0 saturated carbocycles. The third kappa shape index (κ3) is 3.04. The van der Waals surface area contributed by atoms with Crippen LogP contribution in [0.25, 0.3) is 0 Å². The normalized spacial score (nSPS) is 11.7. The molecule has 0 aliphatic carbocycles. The van der Waals surface area contributed by atoms with Crippen molar-refractivity contribution in [2.45, 2.75) is 6.23 Å². The van der Waals surface area contributed by atoms with E-state index in [-0.39, 0.29) is 0 Å². The number of carbonyl (C=O) groups is 1. The summed E-state index contributed by atoms with van der Waals surface area (Å²) in [5.41, 5.74) is 0. The molecule has 1 unspecified atom stereocenters. The van der Waals surface area contributed by atoms with Crippen LogP contribution in [-0.4, -0.2) is 19.2 Å². The van der Waals surface area contributed by atoms with Gasteiger partial charge in [-0.2, -0.15) is 0 Å². The molecule has 56 valence electrons. The van der Waals surface area contributed by atoms with Gasteiger partial charge in [-0.3, -0.25) is 5.32 Å². The number of hydrogen-bond acceptors (Lipinski definition) is 3. The molecule has 0 aromatic rings. The van der Waals surface area contributed by atoms with Crippen molar-refractivity contribution in [1.29, 1.82) is 0 Å². The number of esters is 1. The average molecular weight is 141 g/mol. The molecule has 0 heterocycles. The number of ether oxygens (including phenoxy) is 1. The zero-order valence-corrected chi connectivity index (χ0v) is 5.96. The monoisotopic (exact) mass is 141 g/mol. The summed E-state index contributed by atoms with van der Waals surface area (Å²) in [6.45, 7) is 6.69. The summed E-state index contributed by atoms with van der Waals surface area (Å²) in [4.78, 5) is 10.5. The molecular weight excluding hydrogens is 130 g/mol. The minimum atomic E-state index is -0.459. The van der Waals surface area contributed by atoms with E-state index in [9.17, 15) is 4.79 Å². The van der Waals surface area contributed by atoms with Crippen LogP contribution < -0.4 is 5.32 Å². The van der Waals surface area contributed by atoms with Crippen LogP contribution in [0.15, 0.2) is 25.3 Å². The topological polar surface area (TPSA) is 38.3 Å². The quantitative estimate of drug-likeness (QED) is 0.267. The van der Waals surface area contributed by atoms with Gasteiger partial charge < -0.3 is 4.74 Å². The Balaban J connectivity index is 3.73. The van der Waals surface area contributed by atoms with E-state index in [0.29, 0.717) is 0 Å². The zero-order chi connectivity index (χ0) is 7.98. The molecule has 0 spiro atoms. The second-order valence-electron chi connectivity index (χ2n) is 1.59. The summed E-state index contributed by atoms with van der Waals surface area (Å²) in [5.74, 6) is -0.459. The van der Waals surface area contributed by atoms with Crippen molar-refractivity contribution in [2.75, 3.05) is 7.05 Å². The van der Waals surface area contributed by atoms with Crippen LogP contribution in [-0.2, 0) is 9.53 Å². The second-order valence-corrected chi connectivity index (χ2v) is 1.59. The average Bonchev–Trinajstić information content (AvgIpc) is 1.99. The number of likely N-dealkylation sites (N-methyl/N-ethyl adjacent to an activating group) is 1. The summed E-state index contributed by atoms with van der Waals surface area (Å²) in [6, 6.07) is 0. The van der Waals surface area contributed by atoms with Gasteiger partial charge in [0.2, 0.25) is 0 Å². The lowest BCUT2D eigenvalue weighted by Crippen LogP contribution is -2.27. The molecule has 1 N–H and O–H groups in total. The lowest BCUT2D eigenvalue weighted by atomic mass is 10.5. The summed E-state index contributed by atoms with van der Waals surface area (Å²) in [6.07, 6.45) is 2.17. The zero-order valence-electron chi connectivity index (χ0n) is 5.96. The van der Waals surface area contributed by atoms with Crippen molar-refractivity contribution >= 4 is 5.97 Å². The van der Waals surface area contributed by atoms with E-state index in [0.717, 1.165) is 6.08 Å². The highest BCUT2D eigenvalue weighted by Crippen LogP contribution is 1.88. The van der Waals surface area contributed by atoms with Gasteiger partial charge in [0.15, 0.2) is 6.23 Å². The highest BCUT2D eigenvalue weighted by Gasteiger charge is 2.02. The second kappa shape index (κ2) is 4.76. The van der Waals surface area contributed by atoms with Gasteiger partial charge >= 0.3 is 5.97 Å². The molecule has 0 bridgehead atoms. The summed E-state index contributed by atoms with van der Waals surface area (Å²) in [7, 11) is 1.67. The Hall–Kier alpha value is -1.09. The van der Waals surface area contributed by atoms with Crippen molar-refractivity contribution in [3.8, 4) is 0 Å². The van der Waals surface area contributed by atoms with Crippen molar-refractivity contribution < 1.29 is 9.53 Å². The Morgan fingerprint density at radius 2 is 2.30 bits per heavy atom. The van der Waals surface area contributed by atoms with Crippen molar-refractivity contribution in [1.82, 2.24) is 5.32 Å². The van der Waals surface area contributed by atoms with E-state index >= 15 is 0 Å². The lowest BCUT2D eigenvalue weighted by molar-refractivity contribution is -0.141. The summed E-state index contributed by atoms with van der Waals surface area (Å²) in [5, 5.41) is 2.71. The lowest BCUT2D eigenvalue weighted by Gasteiger charge is -2.09. The van der Waals surface area contributed by atoms with Crippen molar-refractivity contribution in [3.63, 3.8) is 0 Å². The van der Waals surface area contributed by atoms with Gasteiger partial charge in [0, 0.05) is 6.08 Å². The Labute approximate surface area is 60.4 Å². The Morgan fingerprint density at radius 1 is 1.70 bits per heavy atom. The van der Waals surface area contributed by atoms with E-state index in [4.69, 9.17) is 4.74 Å². The molecule has 0 aliphatic rings. The Morgan fingerprint density at radius 3 is 2.60 bits per heavy atom. The van der Waals surface area contributed by atoms with Gasteiger partial charge in [-0.15, -0.1) is 0 Å². The van der Waals surface area contributed by atoms with Crippen molar-refractivity contribution in [3.05, 3.63) is 25.3 Å². The minimum Gasteiger partial charge on any atom is -0.440 e. The first-order valence-electron chi connectivity index (χ1n) is 2.87. The van der Waals surface area contributed by atoms with Gasteiger partial charge in [-0.1, -0.05) is 13.2 Å². The molecule has 0 amide bonds. The standard InChI is InChI=1S/C7H11NO2/c1-4-6(8-3)10-7(9)5-2/h4-6,8H,1-2H2,3H3. The number of hydrogen-bond donors (Lipinski definition) is 1. The SMILES string of the molecule is C=CC(=O)OC(C=C)NC. The molecular formula is C7H11NO2. The van der Waals surface area contributed by atoms with Gasteiger partial charge in [-0.05, 0) is 13.1 Å². The van der Waals surface area contributed by atoms with Crippen LogP contribution >= 0.6 is 0 Å². The van der Waals surface area contributed by atoms with Gasteiger partial charge in [0.05, 0.1) is 0 Å². The fraction of sp³-hybridized carbons (Fsp3) is 0.286. The van der Waals surface area contributed by atoms with Crippen molar-refractivity contribution in [2.24, 2.45) is 0 Å². The van der Waals surface area contributed by atoms with Crippen LogP contribution in [0, 0.1) is 0 Å². The first-order chi connectivity index (χ1) is 4.74. The van der Waals surface area contributed by atoms with Crippen LogP contribution in [0.1, 0.15) is 0 Å². The van der Waals surface area contributed by atoms with Gasteiger partial charge in [0.25, 0.3) is 0 Å². The predicted molar refractivity (Wildman–Crippen MR) is 39.3 cm³/mol. The summed E-state index contributed by atoms with van der Waals surface area (Å²) < 4.78 is 4.71. The number of carbonyl (C=O) groups excluding carboxylic acids is 1. The molecule has 0 rings (SSSR count). The third-order valence-electron chi connectivity index (χ3n) is 0.908. The number of rotatable bonds is 4. The molecule has 0 radical (unpaired) electrons. The molecule has 3 heteroatoms. The molecule has 0 aromatic heterocycles. The maximum Gasteiger partial charge on any atom is 0.331 e. The van der Waals surface area contributed by atoms with Crippen LogP contribution in [0.5, 0.6) is 0 Å². The Kier molecular flexibility index (Phi) is 4.24. The molecule has 0 fully saturated rings. The molecule has 10 heavy (non-hydrogen) atoms. The number of nitrogens with one attached hydrogen (secondary N) is 1. The fourth-order valence-corrected chi connectivity index (χ4v) is 0.398. The van der Waals surface area contributed by atoms with E-state index in [1.54, 1.807) is 7.05 Å². The summed E-state index contributed by atoms with van der Waals surface area (Å²) >= 11 is 0. The molecule has 0 saturated heterocycles. The first-order valence-corrected chi connectivity index (χ1v) is 2.87. The van der Waals surface area contributed by atoms with E-state index in [2.05, 4.69) is 18.5 Å². The third-order valence-corrected chi connectivity index (χ3v) is 0.908. The highest BCUT2D eigenvalue weighted by molar-refractivity contribution is 5.81. The largest absolute Gasteiger partial charge is 0.440 e. The highest BCUT2D eigenvalue weighted by atomic mass is 16.6. The van der Waals surface area contributed by atoms with E-state index < -0.39 is 12.2 Å². The first kappa shape index (κ1) is 8.91. The van der Waals surface area contributed by atoms with Crippen LogP contribution in [0.4, 0.5) is 0 Å². The van der Waals surface area contributed by atoms with Crippen LogP contribution in [0.2, 0.25) is 0 Å². The fourth-order valence-electron chi connectivity index (χ4n) is 0.398. The molecule has 3 nitrogen and oxygen atoms in total. The minimum absolute atomic E-state index is 0.425. The van der Waals surface area contributed by atoms with E-state index in [1.807, 2.05) is 0 Å². The van der Waals surface area contributed by atoms with Gasteiger partial charge in [-0.25, -0.2) is 4.79 Å². The van der Waals surface area contributed by atoms with E-state index in [1.165, 1.54) is 6.08 Å². The van der Waals surface area contributed by atoms with Crippen LogP contribution in [0.3, 0.4) is 0 Å². The maximum atomic E-state index is 10.5. The molecule has 0 aromatic carbocycles. The predicted octanol–water partition coefficient (Wildman–Crippen LogP) is 0.447. The van der Waals surface area contributed by atoms with Gasteiger partial charge in [0.1, 0.15) is 0 Å². The molecule has 1 atom stereocenters. The molecule has 0 aliphatic heterocycles. The Bertz CT molecular complexity index is 143.